The number of imidazole rings is 1. The zero-order chi connectivity index (χ0) is 22.7. The van der Waals surface area contributed by atoms with Gasteiger partial charge in [-0.05, 0) is 6.42 Å². The molecule has 1 unspecified atom stereocenters. The zero-order valence-corrected chi connectivity index (χ0v) is 16.6. The van der Waals surface area contributed by atoms with Crippen LogP contribution in [-0.2, 0) is 24.0 Å². The van der Waals surface area contributed by atoms with Crippen LogP contribution in [0.1, 0.15) is 30.2 Å². The molecule has 1 heterocycles. The second-order valence-corrected chi connectivity index (χ2v) is 7.38. The van der Waals surface area contributed by atoms with Gasteiger partial charge in [0.1, 0.15) is 18.6 Å². The normalized spacial score (nSPS) is 13.6. The lowest BCUT2D eigenvalue weighted by Crippen LogP contribution is -2.49. The second-order valence-electron chi connectivity index (χ2n) is 6.14. The Kier molecular flexibility index (Phi) is 10.3. The Hall–Kier alpha value is -3.13. The summed E-state index contributed by atoms with van der Waals surface area (Å²) in [6.45, 7) is -0.668. The van der Waals surface area contributed by atoms with Crippen molar-refractivity contribution in [3.63, 3.8) is 0 Å². The van der Waals surface area contributed by atoms with Gasteiger partial charge in [-0.15, -0.1) is 11.8 Å². The number of aromatic amines is 1. The van der Waals surface area contributed by atoms with E-state index >= 15 is 0 Å². The summed E-state index contributed by atoms with van der Waals surface area (Å²) in [4.78, 5) is 63.5. The number of nitrogens with zero attached hydrogens (tertiary/aromatic N) is 1. The number of carboxylic acids is 3. The van der Waals surface area contributed by atoms with Crippen LogP contribution in [0.4, 0.5) is 0 Å². The first-order chi connectivity index (χ1) is 14.1. The summed E-state index contributed by atoms with van der Waals surface area (Å²) in [6, 6.07) is -2.42. The molecule has 0 aliphatic heterocycles. The minimum Gasteiger partial charge on any atom is -0.481 e. The molecule has 1 aromatic heterocycles. The van der Waals surface area contributed by atoms with Crippen LogP contribution in [0.2, 0.25) is 0 Å². The average molecular weight is 445 g/mol. The molecule has 0 saturated heterocycles. The molecular formula is C16H23N5O8S. The van der Waals surface area contributed by atoms with E-state index < -0.39 is 53.6 Å². The molecule has 2 amide bonds. The Morgan fingerprint density at radius 1 is 1.17 bits per heavy atom. The van der Waals surface area contributed by atoms with Gasteiger partial charge < -0.3 is 36.7 Å². The SMILES string of the molecule is N[C@@H](CCC(=O)N[C@@H](CSC(CC(=O)O)c1cnc[nH]1)C(=O)NCC(=O)O)C(=O)O. The predicted molar refractivity (Wildman–Crippen MR) is 103 cm³/mol. The highest BCUT2D eigenvalue weighted by atomic mass is 32.2. The summed E-state index contributed by atoms with van der Waals surface area (Å²) in [5.74, 6) is -5.14. The number of H-pyrrole nitrogens is 1. The maximum Gasteiger partial charge on any atom is 0.322 e. The average Bonchev–Trinajstić information content (AvgIpc) is 3.20. The Bertz CT molecular complexity index is 757. The number of carboxylic acid groups (broad SMARTS) is 3. The first-order valence-electron chi connectivity index (χ1n) is 8.69. The lowest BCUT2D eigenvalue weighted by molar-refractivity contribution is -0.139. The maximum atomic E-state index is 12.3. The Labute approximate surface area is 174 Å². The fraction of sp³-hybridized carbons (Fsp3) is 0.500. The van der Waals surface area contributed by atoms with E-state index in [1.54, 1.807) is 0 Å². The third-order valence-electron chi connectivity index (χ3n) is 3.76. The maximum absolute atomic E-state index is 12.3. The molecule has 0 aliphatic carbocycles. The lowest BCUT2D eigenvalue weighted by atomic mass is 10.1. The number of carbonyl (C=O) groups excluding carboxylic acids is 2. The molecule has 0 aromatic carbocycles. The quantitative estimate of drug-likeness (QED) is 0.175. The molecule has 13 nitrogen and oxygen atoms in total. The van der Waals surface area contributed by atoms with Gasteiger partial charge in [0.2, 0.25) is 11.8 Å². The number of thioether (sulfide) groups is 1. The Morgan fingerprint density at radius 2 is 1.87 bits per heavy atom. The molecule has 3 atom stereocenters. The molecule has 8 N–H and O–H groups in total. The van der Waals surface area contributed by atoms with E-state index in [2.05, 4.69) is 20.6 Å². The van der Waals surface area contributed by atoms with E-state index in [1.807, 2.05) is 0 Å². The highest BCUT2D eigenvalue weighted by Crippen LogP contribution is 2.31. The predicted octanol–water partition coefficient (Wildman–Crippen LogP) is -1.46. The van der Waals surface area contributed by atoms with Crippen molar-refractivity contribution in [2.75, 3.05) is 12.3 Å². The Morgan fingerprint density at radius 3 is 2.40 bits per heavy atom. The molecule has 0 fully saturated rings. The number of aromatic nitrogens is 2. The van der Waals surface area contributed by atoms with E-state index in [4.69, 9.17) is 21.1 Å². The minimum absolute atomic E-state index is 0.0703. The van der Waals surface area contributed by atoms with Crippen LogP contribution in [0.15, 0.2) is 12.5 Å². The third-order valence-corrected chi connectivity index (χ3v) is 5.10. The molecule has 0 saturated carbocycles. The van der Waals surface area contributed by atoms with Crippen LogP contribution in [0.3, 0.4) is 0 Å². The summed E-state index contributed by atoms with van der Waals surface area (Å²) >= 11 is 1.06. The topological polar surface area (TPSA) is 225 Å². The van der Waals surface area contributed by atoms with Crippen LogP contribution in [0, 0.1) is 0 Å². The van der Waals surface area contributed by atoms with Gasteiger partial charge >= 0.3 is 17.9 Å². The van der Waals surface area contributed by atoms with Gasteiger partial charge in [0.15, 0.2) is 0 Å². The molecule has 0 aliphatic rings. The first-order valence-corrected chi connectivity index (χ1v) is 9.74. The number of amides is 2. The summed E-state index contributed by atoms with van der Waals surface area (Å²) in [7, 11) is 0. The van der Waals surface area contributed by atoms with Crippen molar-refractivity contribution in [2.24, 2.45) is 5.73 Å². The van der Waals surface area contributed by atoms with Crippen LogP contribution >= 0.6 is 11.8 Å². The zero-order valence-electron chi connectivity index (χ0n) is 15.7. The van der Waals surface area contributed by atoms with Crippen molar-refractivity contribution in [1.82, 2.24) is 20.6 Å². The van der Waals surface area contributed by atoms with Crippen LogP contribution < -0.4 is 16.4 Å². The molecular weight excluding hydrogens is 422 g/mol. The van der Waals surface area contributed by atoms with Gasteiger partial charge in [0.25, 0.3) is 0 Å². The van der Waals surface area contributed by atoms with Crippen molar-refractivity contribution >= 4 is 41.5 Å². The highest BCUT2D eigenvalue weighted by Gasteiger charge is 2.26. The largest absolute Gasteiger partial charge is 0.481 e. The van der Waals surface area contributed by atoms with E-state index in [-0.39, 0.29) is 25.0 Å². The minimum atomic E-state index is -1.28. The van der Waals surface area contributed by atoms with Gasteiger partial charge in [-0.25, -0.2) is 4.98 Å². The van der Waals surface area contributed by atoms with Crippen molar-refractivity contribution < 1.29 is 39.3 Å². The van der Waals surface area contributed by atoms with Crippen molar-refractivity contribution in [3.8, 4) is 0 Å². The molecule has 1 aromatic rings. The number of nitrogens with two attached hydrogens (primary N) is 1. The standard InChI is InChI=1S/C16H23N5O8S/c17-8(16(28)29)1-2-12(22)21-10(15(27)19-5-14(25)26)6-30-11(3-13(23)24)9-4-18-7-20-9/h4,7-8,10-11H,1-3,5-6,17H2,(H,18,20)(H,19,27)(H,21,22)(H,23,24)(H,25,26)(H,28,29)/t8-,10-,11?/m0/s1. The fourth-order valence-electron chi connectivity index (χ4n) is 2.22. The van der Waals surface area contributed by atoms with Gasteiger partial charge in [-0.2, -0.15) is 0 Å². The highest BCUT2D eigenvalue weighted by molar-refractivity contribution is 7.99. The van der Waals surface area contributed by atoms with Gasteiger partial charge in [0, 0.05) is 24.1 Å². The molecule has 0 bridgehead atoms. The first kappa shape index (κ1) is 24.9. The molecule has 0 radical (unpaired) electrons. The summed E-state index contributed by atoms with van der Waals surface area (Å²) in [6.07, 6.45) is 2.10. The molecule has 166 valence electrons. The number of aliphatic carboxylic acids is 3. The molecule has 30 heavy (non-hydrogen) atoms. The van der Waals surface area contributed by atoms with E-state index in [9.17, 15) is 24.0 Å². The number of nitrogens with one attached hydrogen (secondary N) is 3. The van der Waals surface area contributed by atoms with Crippen LogP contribution in [0.5, 0.6) is 0 Å². The molecule has 1 rings (SSSR count). The summed E-state index contributed by atoms with van der Waals surface area (Å²) in [5.41, 5.74) is 5.85. The van der Waals surface area contributed by atoms with E-state index in [1.165, 1.54) is 12.5 Å². The van der Waals surface area contributed by atoms with Gasteiger partial charge in [-0.3, -0.25) is 24.0 Å². The lowest BCUT2D eigenvalue weighted by Gasteiger charge is -2.20. The van der Waals surface area contributed by atoms with E-state index in [0.29, 0.717) is 5.69 Å². The fourth-order valence-corrected chi connectivity index (χ4v) is 3.45. The van der Waals surface area contributed by atoms with E-state index in [0.717, 1.165) is 11.8 Å². The Balaban J connectivity index is 2.79. The van der Waals surface area contributed by atoms with Crippen LogP contribution in [0.25, 0.3) is 0 Å². The third kappa shape index (κ3) is 9.38. The van der Waals surface area contributed by atoms with Crippen LogP contribution in [-0.4, -0.2) is 79.4 Å². The van der Waals surface area contributed by atoms with Gasteiger partial charge in [0.05, 0.1) is 18.0 Å². The summed E-state index contributed by atoms with van der Waals surface area (Å²) in [5, 5.41) is 30.5. The summed E-state index contributed by atoms with van der Waals surface area (Å²) < 4.78 is 0. The molecule has 0 spiro atoms. The van der Waals surface area contributed by atoms with Crippen molar-refractivity contribution in [1.29, 1.82) is 0 Å². The number of hydrogen-bond donors (Lipinski definition) is 7. The molecule has 14 heteroatoms. The smallest absolute Gasteiger partial charge is 0.322 e. The van der Waals surface area contributed by atoms with Gasteiger partial charge in [-0.1, -0.05) is 0 Å². The number of rotatable bonds is 14. The van der Waals surface area contributed by atoms with Crippen molar-refractivity contribution in [2.45, 2.75) is 36.6 Å². The number of carbonyl (C=O) groups is 5. The van der Waals surface area contributed by atoms with Crippen molar-refractivity contribution in [3.05, 3.63) is 18.2 Å². The number of hydrogen-bond acceptors (Lipinski definition) is 8. The second kappa shape index (κ2) is 12.4. The monoisotopic (exact) mass is 445 g/mol.